The van der Waals surface area contributed by atoms with E-state index in [1.807, 2.05) is 4.90 Å². The lowest BCUT2D eigenvalue weighted by molar-refractivity contribution is -0.384. The van der Waals surface area contributed by atoms with Crippen molar-refractivity contribution < 1.29 is 19.2 Å². The molecule has 2 amide bonds. The van der Waals surface area contributed by atoms with Gasteiger partial charge in [-0.2, -0.15) is 0 Å². The maximum Gasteiger partial charge on any atom is 0.269 e. The van der Waals surface area contributed by atoms with Crippen LogP contribution >= 0.6 is 0 Å². The second kappa shape index (κ2) is 6.43. The topological polar surface area (TPSA) is 93.0 Å². The van der Waals surface area contributed by atoms with Gasteiger partial charge in [0.1, 0.15) is 0 Å². The van der Waals surface area contributed by atoms with Gasteiger partial charge in [-0.05, 0) is 5.56 Å². The number of nitro groups is 1. The maximum atomic E-state index is 12.5. The van der Waals surface area contributed by atoms with E-state index in [0.29, 0.717) is 31.9 Å². The van der Waals surface area contributed by atoms with E-state index in [4.69, 9.17) is 4.74 Å². The SMILES string of the molecule is O=C1CC(c2cccc([N+](=O)[O-])c2)C(=O)N1CN1CCOCC1. The number of rotatable bonds is 4. The van der Waals surface area contributed by atoms with Crippen molar-refractivity contribution in [1.29, 1.82) is 0 Å². The number of amides is 2. The number of benzene rings is 1. The lowest BCUT2D eigenvalue weighted by atomic mass is 9.97. The number of imide groups is 1. The van der Waals surface area contributed by atoms with Gasteiger partial charge in [0.15, 0.2) is 0 Å². The fourth-order valence-corrected chi connectivity index (χ4v) is 2.89. The highest BCUT2D eigenvalue weighted by atomic mass is 16.6. The van der Waals surface area contributed by atoms with Crippen LogP contribution in [0.5, 0.6) is 0 Å². The van der Waals surface area contributed by atoms with Crippen molar-refractivity contribution in [1.82, 2.24) is 9.80 Å². The molecule has 2 heterocycles. The number of carbonyl (C=O) groups is 2. The van der Waals surface area contributed by atoms with Crippen LogP contribution < -0.4 is 0 Å². The summed E-state index contributed by atoms with van der Waals surface area (Å²) in [6.07, 6.45) is 0.0599. The molecule has 1 aromatic rings. The van der Waals surface area contributed by atoms with Gasteiger partial charge < -0.3 is 4.74 Å². The summed E-state index contributed by atoms with van der Waals surface area (Å²) in [5, 5.41) is 10.9. The van der Waals surface area contributed by atoms with Crippen LogP contribution in [0.4, 0.5) is 5.69 Å². The summed E-state index contributed by atoms with van der Waals surface area (Å²) < 4.78 is 5.25. The van der Waals surface area contributed by atoms with Crippen LogP contribution in [0.2, 0.25) is 0 Å². The van der Waals surface area contributed by atoms with Gasteiger partial charge in [-0.1, -0.05) is 12.1 Å². The number of likely N-dealkylation sites (tertiary alicyclic amines) is 1. The molecular weight excluding hydrogens is 302 g/mol. The van der Waals surface area contributed by atoms with E-state index in [-0.39, 0.29) is 30.6 Å². The molecule has 0 aromatic heterocycles. The van der Waals surface area contributed by atoms with Crippen molar-refractivity contribution in [2.75, 3.05) is 33.0 Å². The summed E-state index contributed by atoms with van der Waals surface area (Å²) >= 11 is 0. The fraction of sp³-hybridized carbons (Fsp3) is 0.467. The number of hydrogen-bond acceptors (Lipinski definition) is 6. The third-order valence-electron chi connectivity index (χ3n) is 4.17. The summed E-state index contributed by atoms with van der Waals surface area (Å²) in [7, 11) is 0. The molecule has 0 spiro atoms. The molecule has 23 heavy (non-hydrogen) atoms. The smallest absolute Gasteiger partial charge is 0.269 e. The van der Waals surface area contributed by atoms with E-state index >= 15 is 0 Å². The maximum absolute atomic E-state index is 12.5. The number of ether oxygens (including phenoxy) is 1. The molecule has 1 unspecified atom stereocenters. The van der Waals surface area contributed by atoms with E-state index in [2.05, 4.69) is 0 Å². The predicted octanol–water partition coefficient (Wildman–Crippen LogP) is 0.727. The first-order valence-electron chi connectivity index (χ1n) is 7.45. The minimum atomic E-state index is -0.636. The summed E-state index contributed by atoms with van der Waals surface area (Å²) in [6.45, 7) is 2.79. The Kier molecular flexibility index (Phi) is 4.35. The molecule has 0 radical (unpaired) electrons. The molecule has 1 aromatic carbocycles. The molecule has 2 aliphatic rings. The van der Waals surface area contributed by atoms with Crippen LogP contribution in [0.25, 0.3) is 0 Å². The largest absolute Gasteiger partial charge is 0.379 e. The molecule has 2 fully saturated rings. The first kappa shape index (κ1) is 15.6. The van der Waals surface area contributed by atoms with E-state index in [1.165, 1.54) is 23.1 Å². The average Bonchev–Trinajstić information content (AvgIpc) is 2.84. The van der Waals surface area contributed by atoms with Crippen molar-refractivity contribution >= 4 is 17.5 Å². The first-order valence-corrected chi connectivity index (χ1v) is 7.45. The van der Waals surface area contributed by atoms with Crippen molar-refractivity contribution in [3.63, 3.8) is 0 Å². The van der Waals surface area contributed by atoms with Gasteiger partial charge >= 0.3 is 0 Å². The summed E-state index contributed by atoms with van der Waals surface area (Å²) in [4.78, 5) is 38.3. The van der Waals surface area contributed by atoms with Gasteiger partial charge in [0.2, 0.25) is 11.8 Å². The lowest BCUT2D eigenvalue weighted by Gasteiger charge is -2.29. The van der Waals surface area contributed by atoms with Crippen LogP contribution in [-0.2, 0) is 14.3 Å². The van der Waals surface area contributed by atoms with Crippen molar-refractivity contribution in [2.24, 2.45) is 0 Å². The van der Waals surface area contributed by atoms with Gasteiger partial charge in [0.25, 0.3) is 5.69 Å². The molecule has 1 atom stereocenters. The van der Waals surface area contributed by atoms with Gasteiger partial charge in [-0.25, -0.2) is 0 Å². The third-order valence-corrected chi connectivity index (χ3v) is 4.17. The molecule has 2 aliphatic heterocycles. The molecule has 0 bridgehead atoms. The Morgan fingerprint density at radius 1 is 1.26 bits per heavy atom. The van der Waals surface area contributed by atoms with Gasteiger partial charge in [-0.3, -0.25) is 29.5 Å². The molecule has 8 heteroatoms. The molecule has 0 saturated carbocycles. The van der Waals surface area contributed by atoms with Crippen LogP contribution in [0.15, 0.2) is 24.3 Å². The number of carbonyl (C=O) groups excluding carboxylic acids is 2. The van der Waals surface area contributed by atoms with Crippen molar-refractivity contribution in [2.45, 2.75) is 12.3 Å². The third kappa shape index (κ3) is 3.22. The number of hydrogen-bond donors (Lipinski definition) is 0. The zero-order valence-corrected chi connectivity index (χ0v) is 12.5. The number of nitro benzene ring substituents is 1. The van der Waals surface area contributed by atoms with Crippen LogP contribution in [0.3, 0.4) is 0 Å². The molecule has 3 rings (SSSR count). The van der Waals surface area contributed by atoms with E-state index < -0.39 is 10.8 Å². The highest BCUT2D eigenvalue weighted by Gasteiger charge is 2.40. The average molecular weight is 319 g/mol. The van der Waals surface area contributed by atoms with Crippen LogP contribution in [0.1, 0.15) is 17.9 Å². The number of nitrogens with zero attached hydrogens (tertiary/aromatic N) is 3. The Balaban J connectivity index is 1.75. The molecule has 2 saturated heterocycles. The summed E-state index contributed by atoms with van der Waals surface area (Å²) in [6, 6.07) is 5.93. The monoisotopic (exact) mass is 319 g/mol. The number of non-ortho nitro benzene ring substituents is 1. The zero-order chi connectivity index (χ0) is 16.4. The van der Waals surface area contributed by atoms with Crippen LogP contribution in [-0.4, -0.2) is 59.5 Å². The van der Waals surface area contributed by atoms with Crippen molar-refractivity contribution in [3.05, 3.63) is 39.9 Å². The van der Waals surface area contributed by atoms with E-state index in [0.717, 1.165) is 0 Å². The highest BCUT2D eigenvalue weighted by molar-refractivity contribution is 6.06. The molecule has 0 N–H and O–H groups in total. The predicted molar refractivity (Wildman–Crippen MR) is 79.6 cm³/mol. The van der Waals surface area contributed by atoms with Crippen molar-refractivity contribution in [3.8, 4) is 0 Å². The Morgan fingerprint density at radius 2 is 2.00 bits per heavy atom. The van der Waals surface area contributed by atoms with E-state index in [9.17, 15) is 19.7 Å². The summed E-state index contributed by atoms with van der Waals surface area (Å²) in [5.74, 6) is -1.16. The standard InChI is InChI=1S/C15H17N3O5/c19-14-9-13(11-2-1-3-12(8-11)18(21)22)15(20)17(14)10-16-4-6-23-7-5-16/h1-3,8,13H,4-7,9-10H2. The Labute approximate surface area is 132 Å². The Bertz CT molecular complexity index is 642. The zero-order valence-electron chi connectivity index (χ0n) is 12.5. The number of morpholine rings is 1. The molecule has 0 aliphatic carbocycles. The Morgan fingerprint density at radius 3 is 2.70 bits per heavy atom. The Hall–Kier alpha value is -2.32. The second-order valence-electron chi connectivity index (χ2n) is 5.64. The fourth-order valence-electron chi connectivity index (χ4n) is 2.89. The first-order chi connectivity index (χ1) is 11.1. The lowest BCUT2D eigenvalue weighted by Crippen LogP contribution is -2.46. The van der Waals surface area contributed by atoms with Crippen LogP contribution in [0, 0.1) is 10.1 Å². The van der Waals surface area contributed by atoms with Gasteiger partial charge in [0.05, 0.1) is 30.7 Å². The minimum Gasteiger partial charge on any atom is -0.379 e. The molecule has 8 nitrogen and oxygen atoms in total. The summed E-state index contributed by atoms with van der Waals surface area (Å²) in [5.41, 5.74) is 0.441. The van der Waals surface area contributed by atoms with E-state index in [1.54, 1.807) is 6.07 Å². The molecular formula is C15H17N3O5. The molecule has 122 valence electrons. The normalized spacial score (nSPS) is 22.6. The highest BCUT2D eigenvalue weighted by Crippen LogP contribution is 2.31. The quantitative estimate of drug-likeness (QED) is 0.461. The van der Waals surface area contributed by atoms with Gasteiger partial charge in [-0.15, -0.1) is 0 Å². The minimum absolute atomic E-state index is 0.0599. The van der Waals surface area contributed by atoms with Gasteiger partial charge in [0, 0.05) is 31.6 Å². The second-order valence-corrected chi connectivity index (χ2v) is 5.64.